The second kappa shape index (κ2) is 5.74. The van der Waals surface area contributed by atoms with Crippen molar-refractivity contribution in [2.75, 3.05) is 13.1 Å². The number of urea groups is 1. The second-order valence-corrected chi connectivity index (χ2v) is 6.68. The maximum absolute atomic E-state index is 11.1. The molecule has 2 aliphatic rings. The standard InChI is InChI=1S/C15H20BrN3O/c16-11-3-1-10(2-4-11)13-9-14(13)18-12-5-7-19(8-6-12)15(17)20/h1-4,12-14,18H,5-9H2,(H2,17,20)/t13-,14+/m1/s1. The third-order valence-corrected chi connectivity index (χ3v) is 4.87. The number of hydrogen-bond acceptors (Lipinski definition) is 2. The topological polar surface area (TPSA) is 58.4 Å². The number of benzene rings is 1. The number of primary amides is 1. The number of piperidine rings is 1. The van der Waals surface area contributed by atoms with Gasteiger partial charge in [0.15, 0.2) is 0 Å². The average Bonchev–Trinajstić information content (AvgIpc) is 3.19. The van der Waals surface area contributed by atoms with Crippen LogP contribution in [-0.2, 0) is 0 Å². The predicted octanol–water partition coefficient (Wildman–Crippen LogP) is 2.44. The molecule has 1 aliphatic heterocycles. The van der Waals surface area contributed by atoms with Crippen LogP contribution < -0.4 is 11.1 Å². The molecule has 0 aromatic heterocycles. The summed E-state index contributed by atoms with van der Waals surface area (Å²) in [5.41, 5.74) is 6.72. The Kier molecular flexibility index (Phi) is 3.98. The SMILES string of the molecule is NC(=O)N1CCC(N[C@H]2C[C@@H]2c2ccc(Br)cc2)CC1. The van der Waals surface area contributed by atoms with Crippen molar-refractivity contribution in [1.29, 1.82) is 0 Å². The summed E-state index contributed by atoms with van der Waals surface area (Å²) >= 11 is 3.47. The van der Waals surface area contributed by atoms with E-state index in [0.29, 0.717) is 18.0 Å². The summed E-state index contributed by atoms with van der Waals surface area (Å²) in [6, 6.07) is 9.45. The molecule has 1 aromatic carbocycles. The lowest BCUT2D eigenvalue weighted by molar-refractivity contribution is 0.185. The van der Waals surface area contributed by atoms with Gasteiger partial charge in [0.2, 0.25) is 0 Å². The molecule has 1 saturated carbocycles. The van der Waals surface area contributed by atoms with E-state index in [4.69, 9.17) is 5.73 Å². The number of likely N-dealkylation sites (tertiary alicyclic amines) is 1. The van der Waals surface area contributed by atoms with Crippen LogP contribution in [0.2, 0.25) is 0 Å². The predicted molar refractivity (Wildman–Crippen MR) is 82.6 cm³/mol. The van der Waals surface area contributed by atoms with Crippen LogP contribution in [0.3, 0.4) is 0 Å². The first-order valence-electron chi connectivity index (χ1n) is 7.19. The average molecular weight is 338 g/mol. The zero-order valence-electron chi connectivity index (χ0n) is 11.4. The largest absolute Gasteiger partial charge is 0.351 e. The summed E-state index contributed by atoms with van der Waals surface area (Å²) in [4.78, 5) is 12.8. The van der Waals surface area contributed by atoms with E-state index in [0.717, 1.165) is 30.4 Å². The maximum Gasteiger partial charge on any atom is 0.314 e. The summed E-state index contributed by atoms with van der Waals surface area (Å²) in [5, 5.41) is 3.72. The quantitative estimate of drug-likeness (QED) is 0.889. The van der Waals surface area contributed by atoms with Gasteiger partial charge in [-0.3, -0.25) is 0 Å². The van der Waals surface area contributed by atoms with Gasteiger partial charge < -0.3 is 16.0 Å². The zero-order valence-corrected chi connectivity index (χ0v) is 13.0. The normalized spacial score (nSPS) is 26.6. The molecule has 1 saturated heterocycles. The van der Waals surface area contributed by atoms with Crippen LogP contribution in [-0.4, -0.2) is 36.1 Å². The second-order valence-electron chi connectivity index (χ2n) is 5.77. The molecule has 1 heterocycles. The Bertz CT molecular complexity index is 482. The molecule has 2 fully saturated rings. The van der Waals surface area contributed by atoms with Gasteiger partial charge in [-0.1, -0.05) is 28.1 Å². The van der Waals surface area contributed by atoms with Gasteiger partial charge in [-0.05, 0) is 37.0 Å². The third-order valence-electron chi connectivity index (χ3n) is 4.35. The minimum atomic E-state index is -0.289. The number of hydrogen-bond donors (Lipinski definition) is 2. The van der Waals surface area contributed by atoms with Crippen LogP contribution in [0.1, 0.15) is 30.7 Å². The number of carbonyl (C=O) groups is 1. The molecular formula is C15H20BrN3O. The van der Waals surface area contributed by atoms with Crippen LogP contribution >= 0.6 is 15.9 Å². The monoisotopic (exact) mass is 337 g/mol. The molecule has 0 spiro atoms. The molecule has 2 atom stereocenters. The van der Waals surface area contributed by atoms with E-state index in [1.807, 2.05) is 0 Å². The lowest BCUT2D eigenvalue weighted by Gasteiger charge is -2.31. The van der Waals surface area contributed by atoms with Crippen molar-refractivity contribution < 1.29 is 4.79 Å². The number of nitrogens with two attached hydrogens (primary N) is 1. The zero-order chi connectivity index (χ0) is 14.1. The van der Waals surface area contributed by atoms with Crippen LogP contribution in [0.4, 0.5) is 4.79 Å². The van der Waals surface area contributed by atoms with Gasteiger partial charge in [0.1, 0.15) is 0 Å². The van der Waals surface area contributed by atoms with Gasteiger partial charge in [-0.2, -0.15) is 0 Å². The number of amides is 2. The molecule has 3 rings (SSSR count). The van der Waals surface area contributed by atoms with E-state index in [1.165, 1.54) is 12.0 Å². The molecule has 0 radical (unpaired) electrons. The molecular weight excluding hydrogens is 318 g/mol. The first-order valence-corrected chi connectivity index (χ1v) is 7.98. The highest BCUT2D eigenvalue weighted by Gasteiger charge is 2.39. The number of carbonyl (C=O) groups excluding carboxylic acids is 1. The molecule has 20 heavy (non-hydrogen) atoms. The lowest BCUT2D eigenvalue weighted by atomic mass is 10.0. The van der Waals surface area contributed by atoms with E-state index in [1.54, 1.807) is 4.90 Å². The van der Waals surface area contributed by atoms with Gasteiger partial charge in [0.05, 0.1) is 0 Å². The maximum atomic E-state index is 11.1. The Labute approximate surface area is 127 Å². The molecule has 108 valence electrons. The van der Waals surface area contributed by atoms with Crippen molar-refractivity contribution in [3.05, 3.63) is 34.3 Å². The number of nitrogens with zero attached hydrogens (tertiary/aromatic N) is 1. The summed E-state index contributed by atoms with van der Waals surface area (Å²) in [5.74, 6) is 0.650. The van der Waals surface area contributed by atoms with Crippen LogP contribution in [0, 0.1) is 0 Å². The molecule has 4 nitrogen and oxygen atoms in total. The highest BCUT2D eigenvalue weighted by molar-refractivity contribution is 9.10. The van der Waals surface area contributed by atoms with E-state index in [-0.39, 0.29) is 6.03 Å². The molecule has 2 amide bonds. The van der Waals surface area contributed by atoms with Gasteiger partial charge in [0, 0.05) is 35.6 Å². The van der Waals surface area contributed by atoms with Gasteiger partial charge >= 0.3 is 6.03 Å². The Hall–Kier alpha value is -1.07. The summed E-state index contributed by atoms with van der Waals surface area (Å²) in [6.45, 7) is 1.56. The van der Waals surface area contributed by atoms with Crippen LogP contribution in [0.25, 0.3) is 0 Å². The van der Waals surface area contributed by atoms with Crippen molar-refractivity contribution in [3.63, 3.8) is 0 Å². The molecule has 3 N–H and O–H groups in total. The van der Waals surface area contributed by atoms with Gasteiger partial charge in [-0.25, -0.2) is 4.79 Å². The van der Waals surface area contributed by atoms with Gasteiger partial charge in [0.25, 0.3) is 0 Å². The summed E-state index contributed by atoms with van der Waals surface area (Å²) in [7, 11) is 0. The van der Waals surface area contributed by atoms with Crippen molar-refractivity contribution in [2.24, 2.45) is 5.73 Å². The Balaban J connectivity index is 1.47. The van der Waals surface area contributed by atoms with E-state index >= 15 is 0 Å². The molecule has 1 aromatic rings. The smallest absolute Gasteiger partial charge is 0.314 e. The lowest BCUT2D eigenvalue weighted by Crippen LogP contribution is -2.47. The van der Waals surface area contributed by atoms with Gasteiger partial charge in [-0.15, -0.1) is 0 Å². The number of halogens is 1. The van der Waals surface area contributed by atoms with Crippen LogP contribution in [0.15, 0.2) is 28.7 Å². The molecule has 5 heteroatoms. The van der Waals surface area contributed by atoms with Crippen molar-refractivity contribution in [3.8, 4) is 0 Å². The first-order chi connectivity index (χ1) is 9.63. The fourth-order valence-corrected chi connectivity index (χ4v) is 3.29. The third kappa shape index (κ3) is 3.15. The fraction of sp³-hybridized carbons (Fsp3) is 0.533. The molecule has 1 aliphatic carbocycles. The Morgan fingerprint density at radius 1 is 1.25 bits per heavy atom. The first kappa shape index (κ1) is 13.9. The van der Waals surface area contributed by atoms with Crippen LogP contribution in [0.5, 0.6) is 0 Å². The molecule has 0 bridgehead atoms. The number of nitrogens with one attached hydrogen (secondary N) is 1. The minimum Gasteiger partial charge on any atom is -0.351 e. The van der Waals surface area contributed by atoms with E-state index in [2.05, 4.69) is 45.5 Å². The Morgan fingerprint density at radius 2 is 1.90 bits per heavy atom. The molecule has 0 unspecified atom stereocenters. The van der Waals surface area contributed by atoms with E-state index < -0.39 is 0 Å². The summed E-state index contributed by atoms with van der Waals surface area (Å²) in [6.07, 6.45) is 3.23. The van der Waals surface area contributed by atoms with Crippen molar-refractivity contribution in [2.45, 2.75) is 37.3 Å². The van der Waals surface area contributed by atoms with Crippen molar-refractivity contribution >= 4 is 22.0 Å². The van der Waals surface area contributed by atoms with Crippen molar-refractivity contribution in [1.82, 2.24) is 10.2 Å². The van der Waals surface area contributed by atoms with E-state index in [9.17, 15) is 4.79 Å². The summed E-state index contributed by atoms with van der Waals surface area (Å²) < 4.78 is 1.13. The highest BCUT2D eigenvalue weighted by Crippen LogP contribution is 2.41. The Morgan fingerprint density at radius 3 is 2.50 bits per heavy atom. The number of rotatable bonds is 3. The minimum absolute atomic E-state index is 0.289. The highest BCUT2D eigenvalue weighted by atomic mass is 79.9. The fourth-order valence-electron chi connectivity index (χ4n) is 3.03.